The maximum atomic E-state index is 13.4. The molecule has 0 aliphatic carbocycles. The highest BCUT2D eigenvalue weighted by molar-refractivity contribution is 6.82. The van der Waals surface area contributed by atoms with Crippen molar-refractivity contribution < 1.29 is 28.7 Å². The van der Waals surface area contributed by atoms with E-state index < -0.39 is 37.8 Å². The van der Waals surface area contributed by atoms with Crippen LogP contribution >= 0.6 is 0 Å². The Kier molecular flexibility index (Phi) is 7.52. The summed E-state index contributed by atoms with van der Waals surface area (Å²) in [5.74, 6) is -1.40. The summed E-state index contributed by atoms with van der Waals surface area (Å²) >= 11 is 0. The molecule has 180 valence electrons. The summed E-state index contributed by atoms with van der Waals surface area (Å²) in [7, 11) is -0.483. The lowest BCUT2D eigenvalue weighted by atomic mass is 9.91. The smallest absolute Gasteiger partial charge is 0.410 e. The molecule has 1 unspecified atom stereocenters. The Bertz CT molecular complexity index is 746. The molecule has 10 heteroatoms. The molecule has 3 rings (SSSR count). The van der Waals surface area contributed by atoms with Gasteiger partial charge in [0.1, 0.15) is 17.7 Å². The fraction of sp³-hybridized carbons (Fsp3) is 0.818. The van der Waals surface area contributed by atoms with Gasteiger partial charge in [-0.3, -0.25) is 14.5 Å². The molecule has 1 spiro atoms. The number of hydrogen-bond donors (Lipinski definition) is 2. The van der Waals surface area contributed by atoms with Crippen LogP contribution in [0.3, 0.4) is 0 Å². The number of carbonyl (C=O) groups is 4. The van der Waals surface area contributed by atoms with E-state index in [1.165, 1.54) is 7.11 Å². The molecular formula is C22H37N3O6Si. The van der Waals surface area contributed by atoms with Crippen LogP contribution in [0.15, 0.2) is 0 Å². The Hall–Kier alpha value is -2.10. The van der Waals surface area contributed by atoms with Gasteiger partial charge in [0.05, 0.1) is 15.2 Å². The van der Waals surface area contributed by atoms with Gasteiger partial charge in [0.2, 0.25) is 11.8 Å². The molecule has 0 radical (unpaired) electrons. The molecule has 9 nitrogen and oxygen atoms in total. The van der Waals surface area contributed by atoms with Crippen LogP contribution in [0.1, 0.15) is 52.9 Å². The zero-order chi connectivity index (χ0) is 23.5. The molecule has 0 saturated carbocycles. The Morgan fingerprint density at radius 1 is 1.22 bits per heavy atom. The van der Waals surface area contributed by atoms with Crippen LogP contribution in [0, 0.1) is 5.92 Å². The minimum atomic E-state index is -1.75. The number of nitrogens with zero attached hydrogens (tertiary/aromatic N) is 1. The normalized spacial score (nSPS) is 25.9. The number of rotatable bonds is 5. The number of carbonyl (C=O) groups excluding carboxylic acids is 4. The molecule has 3 aliphatic heterocycles. The van der Waals surface area contributed by atoms with E-state index >= 15 is 0 Å². The van der Waals surface area contributed by atoms with Gasteiger partial charge < -0.3 is 20.1 Å². The maximum Gasteiger partial charge on any atom is 0.410 e. The molecule has 3 atom stereocenters. The van der Waals surface area contributed by atoms with Crippen molar-refractivity contribution in [3.05, 3.63) is 0 Å². The maximum absolute atomic E-state index is 13.4. The molecule has 0 aromatic heterocycles. The fourth-order valence-electron chi connectivity index (χ4n) is 5.26. The predicted molar refractivity (Wildman–Crippen MR) is 120 cm³/mol. The SMILES string of the molecule is COC(=O)[C@H](C[C@@H]1CCCNC1=O)NC(=O)C1C[Si]2(CCCC2)CN1C(=O)OC(C)(C)C. The first-order valence-electron chi connectivity index (χ1n) is 11.7. The summed E-state index contributed by atoms with van der Waals surface area (Å²) in [6, 6.07) is 1.33. The van der Waals surface area contributed by atoms with E-state index in [-0.39, 0.29) is 24.2 Å². The van der Waals surface area contributed by atoms with Crippen molar-refractivity contribution in [3.8, 4) is 0 Å². The molecule has 2 N–H and O–H groups in total. The van der Waals surface area contributed by atoms with Gasteiger partial charge >= 0.3 is 12.1 Å². The zero-order valence-electron chi connectivity index (χ0n) is 19.7. The second kappa shape index (κ2) is 9.80. The lowest BCUT2D eigenvalue weighted by Crippen LogP contribution is -2.53. The quantitative estimate of drug-likeness (QED) is 0.472. The molecule has 3 heterocycles. The second-order valence-corrected chi connectivity index (χ2v) is 15.2. The average Bonchev–Trinajstić information content (AvgIpc) is 3.34. The number of methoxy groups -OCH3 is 1. The van der Waals surface area contributed by atoms with Crippen molar-refractivity contribution in [3.63, 3.8) is 0 Å². The zero-order valence-corrected chi connectivity index (χ0v) is 20.7. The molecule has 3 aliphatic rings. The number of esters is 1. The number of hydrogen-bond acceptors (Lipinski definition) is 6. The summed E-state index contributed by atoms with van der Waals surface area (Å²) < 4.78 is 10.5. The third kappa shape index (κ3) is 5.82. The number of amides is 3. The van der Waals surface area contributed by atoms with Crippen molar-refractivity contribution in [2.45, 2.75) is 88.7 Å². The van der Waals surface area contributed by atoms with E-state index in [4.69, 9.17) is 9.47 Å². The Morgan fingerprint density at radius 3 is 2.50 bits per heavy atom. The second-order valence-electron chi connectivity index (χ2n) is 10.5. The van der Waals surface area contributed by atoms with Gasteiger partial charge in [-0.15, -0.1) is 0 Å². The standard InChI is InChI=1S/C22H37N3O6Si/c1-22(2,3)31-21(29)25-14-32(10-5-6-11-32)13-17(25)19(27)24-16(20(28)30-4)12-15-8-7-9-23-18(15)26/h15-17H,5-14H2,1-4H3,(H,23,26)(H,24,27)/t15-,16-,17?/m0/s1. The molecule has 0 aromatic carbocycles. The first-order valence-corrected chi connectivity index (χ1v) is 14.5. The van der Waals surface area contributed by atoms with E-state index in [0.29, 0.717) is 25.2 Å². The van der Waals surface area contributed by atoms with Crippen LogP contribution in [-0.4, -0.2) is 74.4 Å². The van der Waals surface area contributed by atoms with Crippen LogP contribution in [0.2, 0.25) is 18.1 Å². The first-order chi connectivity index (χ1) is 15.0. The van der Waals surface area contributed by atoms with Crippen LogP contribution < -0.4 is 10.6 Å². The lowest BCUT2D eigenvalue weighted by molar-refractivity contribution is -0.146. The van der Waals surface area contributed by atoms with Gasteiger partial charge in [0, 0.05) is 18.6 Å². The van der Waals surface area contributed by atoms with Gasteiger partial charge in [-0.1, -0.05) is 24.9 Å². The highest BCUT2D eigenvalue weighted by atomic mass is 28.3. The number of nitrogens with one attached hydrogen (secondary N) is 2. The van der Waals surface area contributed by atoms with Crippen LogP contribution in [-0.2, 0) is 23.9 Å². The van der Waals surface area contributed by atoms with E-state index in [1.54, 1.807) is 25.7 Å². The van der Waals surface area contributed by atoms with Gasteiger partial charge in [0.25, 0.3) is 0 Å². The Balaban J connectivity index is 1.75. The summed E-state index contributed by atoms with van der Waals surface area (Å²) in [5.41, 5.74) is -0.659. The minimum Gasteiger partial charge on any atom is -0.467 e. The van der Waals surface area contributed by atoms with E-state index in [0.717, 1.165) is 31.4 Å². The van der Waals surface area contributed by atoms with Crippen LogP contribution in [0.5, 0.6) is 0 Å². The molecule has 3 saturated heterocycles. The Morgan fingerprint density at radius 2 is 1.91 bits per heavy atom. The van der Waals surface area contributed by atoms with Crippen molar-refractivity contribution in [2.24, 2.45) is 5.92 Å². The third-order valence-corrected chi connectivity index (χ3v) is 11.9. The van der Waals surface area contributed by atoms with Gasteiger partial charge in [0.15, 0.2) is 0 Å². The van der Waals surface area contributed by atoms with Gasteiger partial charge in [-0.05, 0) is 46.1 Å². The summed E-state index contributed by atoms with van der Waals surface area (Å²) in [6.07, 6.45) is 4.12. The van der Waals surface area contributed by atoms with Crippen molar-refractivity contribution in [1.29, 1.82) is 0 Å². The van der Waals surface area contributed by atoms with E-state index in [9.17, 15) is 19.2 Å². The fourth-order valence-corrected chi connectivity index (χ4v) is 10.7. The number of piperidine rings is 1. The van der Waals surface area contributed by atoms with E-state index in [1.807, 2.05) is 0 Å². The molecular weight excluding hydrogens is 430 g/mol. The van der Waals surface area contributed by atoms with Gasteiger partial charge in [-0.25, -0.2) is 9.59 Å². The summed E-state index contributed by atoms with van der Waals surface area (Å²) in [4.78, 5) is 52.5. The first kappa shape index (κ1) is 24.5. The Labute approximate surface area is 190 Å². The lowest BCUT2D eigenvalue weighted by Gasteiger charge is -2.30. The largest absolute Gasteiger partial charge is 0.467 e. The molecule has 32 heavy (non-hydrogen) atoms. The minimum absolute atomic E-state index is 0.104. The third-order valence-electron chi connectivity index (χ3n) is 6.83. The van der Waals surface area contributed by atoms with E-state index in [2.05, 4.69) is 10.6 Å². The van der Waals surface area contributed by atoms with Crippen molar-refractivity contribution in [1.82, 2.24) is 15.5 Å². The summed E-state index contributed by atoms with van der Waals surface area (Å²) in [6.45, 7) is 6.05. The topological polar surface area (TPSA) is 114 Å². The average molecular weight is 468 g/mol. The number of ether oxygens (including phenoxy) is 2. The molecule has 0 aromatic rings. The van der Waals surface area contributed by atoms with Crippen LogP contribution in [0.25, 0.3) is 0 Å². The van der Waals surface area contributed by atoms with Crippen molar-refractivity contribution in [2.75, 3.05) is 19.8 Å². The molecule has 0 bridgehead atoms. The van der Waals surface area contributed by atoms with Crippen molar-refractivity contribution >= 4 is 32.0 Å². The monoisotopic (exact) mass is 467 g/mol. The summed E-state index contributed by atoms with van der Waals surface area (Å²) in [5, 5.41) is 5.62. The van der Waals surface area contributed by atoms with Gasteiger partial charge in [-0.2, -0.15) is 0 Å². The predicted octanol–water partition coefficient (Wildman–Crippen LogP) is 1.96. The van der Waals surface area contributed by atoms with Crippen LogP contribution in [0.4, 0.5) is 4.79 Å². The highest BCUT2D eigenvalue weighted by Gasteiger charge is 2.52. The molecule has 3 amide bonds. The molecule has 3 fully saturated rings. The highest BCUT2D eigenvalue weighted by Crippen LogP contribution is 2.41.